The number of fused-ring (bicyclic) bond motifs is 3. The molecule has 1 unspecified atom stereocenters. The van der Waals surface area contributed by atoms with E-state index >= 15 is 0 Å². The summed E-state index contributed by atoms with van der Waals surface area (Å²) >= 11 is 3.34. The van der Waals surface area contributed by atoms with Gasteiger partial charge in [0.1, 0.15) is 6.61 Å². The van der Waals surface area contributed by atoms with Gasteiger partial charge in [-0.05, 0) is 56.4 Å². The average molecular weight is 539 g/mol. The van der Waals surface area contributed by atoms with Gasteiger partial charge in [0.2, 0.25) is 0 Å². The number of hydrogen-bond donors (Lipinski definition) is 3. The number of methoxy groups -OCH3 is 1. The zero-order valence-electron chi connectivity index (χ0n) is 18.8. The molecule has 0 spiro atoms. The topological polar surface area (TPSA) is 114 Å². The first-order valence-corrected chi connectivity index (χ1v) is 11.6. The van der Waals surface area contributed by atoms with E-state index in [0.717, 1.165) is 22.3 Å². The second-order valence-electron chi connectivity index (χ2n) is 7.96. The van der Waals surface area contributed by atoms with E-state index in [1.54, 1.807) is 0 Å². The number of carboxylic acids is 1. The van der Waals surface area contributed by atoms with Crippen LogP contribution in [-0.4, -0.2) is 49.4 Å². The molecular formula is C26H23BrN2O6. The van der Waals surface area contributed by atoms with E-state index < -0.39 is 24.0 Å². The second-order valence-corrected chi connectivity index (χ2v) is 8.82. The largest absolute Gasteiger partial charge is 0.480 e. The Morgan fingerprint density at radius 2 is 1.63 bits per heavy atom. The molecule has 2 amide bonds. The van der Waals surface area contributed by atoms with Crippen LogP contribution in [-0.2, 0) is 14.3 Å². The summed E-state index contributed by atoms with van der Waals surface area (Å²) in [7, 11) is 1.35. The van der Waals surface area contributed by atoms with Crippen LogP contribution in [0.3, 0.4) is 0 Å². The Morgan fingerprint density at radius 1 is 1.00 bits per heavy atom. The molecule has 0 saturated heterocycles. The number of anilines is 1. The molecule has 0 heterocycles. The number of aliphatic carboxylic acids is 1. The fourth-order valence-electron chi connectivity index (χ4n) is 4.09. The Bertz CT molecular complexity index is 1230. The number of benzene rings is 3. The van der Waals surface area contributed by atoms with Crippen molar-refractivity contribution < 1.29 is 29.0 Å². The van der Waals surface area contributed by atoms with Gasteiger partial charge in [0.25, 0.3) is 5.91 Å². The molecule has 4 rings (SSSR count). The van der Waals surface area contributed by atoms with Crippen LogP contribution in [0.15, 0.2) is 71.2 Å². The summed E-state index contributed by atoms with van der Waals surface area (Å²) in [5.41, 5.74) is 5.15. The van der Waals surface area contributed by atoms with Crippen LogP contribution in [0.1, 0.15) is 27.4 Å². The van der Waals surface area contributed by atoms with Crippen molar-refractivity contribution in [2.75, 3.05) is 25.6 Å². The van der Waals surface area contributed by atoms with E-state index in [1.165, 1.54) is 25.3 Å². The second kappa shape index (κ2) is 10.7. The van der Waals surface area contributed by atoms with Crippen LogP contribution < -0.4 is 10.6 Å². The summed E-state index contributed by atoms with van der Waals surface area (Å²) in [5.74, 6) is -1.84. The molecule has 9 heteroatoms. The fraction of sp³-hybridized carbons (Fsp3) is 0.192. The molecule has 0 aromatic heterocycles. The third kappa shape index (κ3) is 5.36. The highest BCUT2D eigenvalue weighted by molar-refractivity contribution is 9.10. The molecule has 1 aliphatic rings. The summed E-state index contributed by atoms with van der Waals surface area (Å²) in [5, 5.41) is 14.2. The molecule has 0 bridgehead atoms. The number of nitrogens with one attached hydrogen (secondary N) is 2. The number of amides is 2. The van der Waals surface area contributed by atoms with Gasteiger partial charge in [-0.25, -0.2) is 9.59 Å². The van der Waals surface area contributed by atoms with E-state index in [0.29, 0.717) is 10.2 Å². The van der Waals surface area contributed by atoms with Gasteiger partial charge in [-0.2, -0.15) is 0 Å². The lowest BCUT2D eigenvalue weighted by Gasteiger charge is -2.16. The molecule has 0 fully saturated rings. The van der Waals surface area contributed by atoms with Crippen molar-refractivity contribution in [2.45, 2.75) is 12.0 Å². The van der Waals surface area contributed by atoms with Gasteiger partial charge in [0.05, 0.1) is 12.3 Å². The van der Waals surface area contributed by atoms with Gasteiger partial charge < -0.3 is 19.9 Å². The third-order valence-electron chi connectivity index (χ3n) is 5.75. The van der Waals surface area contributed by atoms with Gasteiger partial charge in [-0.15, -0.1) is 0 Å². The summed E-state index contributed by atoms with van der Waals surface area (Å²) in [6, 6.07) is 19.5. The minimum Gasteiger partial charge on any atom is -0.480 e. The lowest BCUT2D eigenvalue weighted by molar-refractivity contribution is -0.140. The van der Waals surface area contributed by atoms with Crippen molar-refractivity contribution in [3.05, 3.63) is 87.9 Å². The first-order chi connectivity index (χ1) is 16.9. The van der Waals surface area contributed by atoms with Crippen LogP contribution in [0.4, 0.5) is 10.5 Å². The summed E-state index contributed by atoms with van der Waals surface area (Å²) < 4.78 is 10.8. The van der Waals surface area contributed by atoms with Crippen molar-refractivity contribution in [1.82, 2.24) is 5.32 Å². The summed E-state index contributed by atoms with van der Waals surface area (Å²) in [6.45, 7) is 0.0116. The van der Waals surface area contributed by atoms with Gasteiger partial charge in [0.15, 0.2) is 6.04 Å². The number of carbonyl (C=O) groups is 3. The number of carboxylic acid groups (broad SMARTS) is 1. The minimum atomic E-state index is -1.20. The molecule has 0 aliphatic heterocycles. The van der Waals surface area contributed by atoms with Crippen LogP contribution in [0.25, 0.3) is 11.1 Å². The van der Waals surface area contributed by atoms with Crippen molar-refractivity contribution in [3.8, 4) is 11.1 Å². The fourth-order valence-corrected chi connectivity index (χ4v) is 4.56. The highest BCUT2D eigenvalue weighted by atomic mass is 79.9. The van der Waals surface area contributed by atoms with Crippen LogP contribution in [0.5, 0.6) is 0 Å². The molecule has 3 aromatic rings. The van der Waals surface area contributed by atoms with Gasteiger partial charge in [0, 0.05) is 23.1 Å². The molecule has 3 aromatic carbocycles. The smallest absolute Gasteiger partial charge is 0.411 e. The zero-order chi connectivity index (χ0) is 24.9. The van der Waals surface area contributed by atoms with E-state index in [2.05, 4.69) is 38.7 Å². The molecule has 0 radical (unpaired) electrons. The van der Waals surface area contributed by atoms with Crippen molar-refractivity contribution in [2.24, 2.45) is 0 Å². The Kier molecular flexibility index (Phi) is 7.48. The van der Waals surface area contributed by atoms with Crippen molar-refractivity contribution in [1.29, 1.82) is 0 Å². The van der Waals surface area contributed by atoms with Gasteiger partial charge in [-0.1, -0.05) is 48.5 Å². The molecule has 0 saturated carbocycles. The van der Waals surface area contributed by atoms with E-state index in [9.17, 15) is 19.5 Å². The minimum absolute atomic E-state index is 0.0584. The van der Waals surface area contributed by atoms with Crippen molar-refractivity contribution >= 4 is 39.6 Å². The number of halogens is 1. The predicted octanol–water partition coefficient (Wildman–Crippen LogP) is 4.64. The Labute approximate surface area is 210 Å². The van der Waals surface area contributed by atoms with Crippen LogP contribution in [0, 0.1) is 0 Å². The first kappa shape index (κ1) is 24.4. The van der Waals surface area contributed by atoms with Crippen molar-refractivity contribution in [3.63, 3.8) is 0 Å². The maximum Gasteiger partial charge on any atom is 0.411 e. The molecule has 180 valence electrons. The van der Waals surface area contributed by atoms with Crippen LogP contribution >= 0.6 is 15.9 Å². The van der Waals surface area contributed by atoms with E-state index in [1.807, 2.05) is 36.4 Å². The molecule has 1 aliphatic carbocycles. The van der Waals surface area contributed by atoms with E-state index in [-0.39, 0.29) is 24.7 Å². The Morgan fingerprint density at radius 3 is 2.20 bits per heavy atom. The number of hydrogen-bond acceptors (Lipinski definition) is 5. The standard InChI is InChI=1S/C26H23BrN2O6/c1-34-14-23(25(31)32)28-24(30)15-10-11-22(21(27)12-15)29-26(33)35-13-20-18-8-4-2-6-16(18)17-7-3-5-9-19(17)20/h2-12,20,23H,13-14H2,1H3,(H,28,30)(H,29,33)(H,31,32). The summed E-state index contributed by atoms with van der Waals surface area (Å²) in [6.07, 6.45) is -0.629. The van der Waals surface area contributed by atoms with Crippen LogP contribution in [0.2, 0.25) is 0 Å². The quantitative estimate of drug-likeness (QED) is 0.385. The van der Waals surface area contributed by atoms with E-state index in [4.69, 9.17) is 9.47 Å². The number of rotatable bonds is 8. The van der Waals surface area contributed by atoms with Gasteiger partial charge >= 0.3 is 12.1 Å². The molecule has 35 heavy (non-hydrogen) atoms. The highest BCUT2D eigenvalue weighted by Crippen LogP contribution is 2.44. The lowest BCUT2D eigenvalue weighted by Crippen LogP contribution is -2.43. The predicted molar refractivity (Wildman–Crippen MR) is 134 cm³/mol. The zero-order valence-corrected chi connectivity index (χ0v) is 20.4. The number of ether oxygens (including phenoxy) is 2. The normalized spacial score (nSPS) is 12.9. The number of carbonyl (C=O) groups excluding carboxylic acids is 2. The van der Waals surface area contributed by atoms with Gasteiger partial charge in [-0.3, -0.25) is 10.1 Å². The average Bonchev–Trinajstić information content (AvgIpc) is 3.17. The molecular weight excluding hydrogens is 516 g/mol. The maximum absolute atomic E-state index is 12.5. The molecule has 3 N–H and O–H groups in total. The Hall–Kier alpha value is -3.69. The summed E-state index contributed by atoms with van der Waals surface area (Å²) in [4.78, 5) is 36.2. The lowest BCUT2D eigenvalue weighted by atomic mass is 9.98. The monoisotopic (exact) mass is 538 g/mol. The first-order valence-electron chi connectivity index (χ1n) is 10.8. The highest BCUT2D eigenvalue weighted by Gasteiger charge is 2.29. The Balaban J connectivity index is 1.39. The molecule has 8 nitrogen and oxygen atoms in total. The third-order valence-corrected chi connectivity index (χ3v) is 6.40. The maximum atomic E-state index is 12.5. The molecule has 1 atom stereocenters. The SMILES string of the molecule is COCC(NC(=O)c1ccc(NC(=O)OCC2c3ccccc3-c3ccccc32)c(Br)c1)C(=O)O.